The Morgan fingerprint density at radius 3 is 2.87 bits per heavy atom. The maximum Gasteiger partial charge on any atom is 0.241 e. The van der Waals surface area contributed by atoms with E-state index in [1.54, 1.807) is 16.9 Å². The Kier molecular flexibility index (Phi) is 5.21. The van der Waals surface area contributed by atoms with Gasteiger partial charge >= 0.3 is 0 Å². The first-order valence-electron chi connectivity index (χ1n) is 10.4. The fraction of sp³-hybridized carbons (Fsp3) is 0.261. The van der Waals surface area contributed by atoms with Gasteiger partial charge in [0, 0.05) is 18.1 Å². The normalized spacial score (nSPS) is 17.1. The topological polar surface area (TPSA) is 78.8 Å². The van der Waals surface area contributed by atoms with E-state index in [2.05, 4.69) is 25.3 Å². The fourth-order valence-corrected chi connectivity index (χ4v) is 4.12. The average molecular weight is 418 g/mol. The second kappa shape index (κ2) is 8.31. The van der Waals surface area contributed by atoms with Gasteiger partial charge < -0.3 is 10.3 Å². The van der Waals surface area contributed by atoms with Crippen LogP contribution in [0.3, 0.4) is 0 Å². The van der Waals surface area contributed by atoms with Gasteiger partial charge in [-0.2, -0.15) is 5.10 Å². The van der Waals surface area contributed by atoms with Gasteiger partial charge in [-0.3, -0.25) is 9.69 Å². The summed E-state index contributed by atoms with van der Waals surface area (Å²) < 4.78 is 15.2. The molecule has 1 saturated heterocycles. The number of carbonyl (C=O) groups excluding carboxylic acids is 1. The number of nitrogens with one attached hydrogen (secondary N) is 2. The van der Waals surface area contributed by atoms with E-state index in [0.717, 1.165) is 48.5 Å². The van der Waals surface area contributed by atoms with Crippen LogP contribution in [0.4, 0.5) is 10.1 Å². The van der Waals surface area contributed by atoms with Crippen molar-refractivity contribution in [3.63, 3.8) is 0 Å². The SMILES string of the molecule is O=C(Nc1ccc(-n2cccn2)cc1)[C@@H]1CCCCN1Cc1nc2ccc(F)cc2[nH]1. The minimum absolute atomic E-state index is 0.0197. The number of nitrogens with zero attached hydrogens (tertiary/aromatic N) is 4. The van der Waals surface area contributed by atoms with Gasteiger partial charge in [0.25, 0.3) is 0 Å². The van der Waals surface area contributed by atoms with Crippen LogP contribution >= 0.6 is 0 Å². The van der Waals surface area contributed by atoms with Crippen molar-refractivity contribution >= 4 is 22.6 Å². The van der Waals surface area contributed by atoms with Gasteiger partial charge in [0.05, 0.1) is 29.3 Å². The van der Waals surface area contributed by atoms with Crippen LogP contribution in [-0.4, -0.2) is 43.1 Å². The first-order valence-corrected chi connectivity index (χ1v) is 10.4. The summed E-state index contributed by atoms with van der Waals surface area (Å²) in [5.74, 6) is 0.425. The molecule has 1 aliphatic heterocycles. The molecule has 0 spiro atoms. The third-order valence-corrected chi connectivity index (χ3v) is 5.67. The van der Waals surface area contributed by atoms with Gasteiger partial charge in [0.15, 0.2) is 0 Å². The highest BCUT2D eigenvalue weighted by molar-refractivity contribution is 5.95. The highest BCUT2D eigenvalue weighted by Crippen LogP contribution is 2.22. The standard InChI is InChI=1S/C23H23FN6O/c24-16-5-10-19-20(14-16)28-22(27-19)15-29-12-2-1-4-21(29)23(31)26-17-6-8-18(9-7-17)30-13-3-11-25-30/h3,5-11,13-14,21H,1-2,4,12,15H2,(H,26,31)(H,27,28)/t21-/m0/s1. The van der Waals surface area contributed by atoms with Gasteiger partial charge in [0.1, 0.15) is 11.6 Å². The lowest BCUT2D eigenvalue weighted by atomic mass is 10.0. The molecule has 158 valence electrons. The summed E-state index contributed by atoms with van der Waals surface area (Å²) in [5.41, 5.74) is 3.09. The van der Waals surface area contributed by atoms with E-state index in [4.69, 9.17) is 0 Å². The number of hydrogen-bond acceptors (Lipinski definition) is 4. The highest BCUT2D eigenvalue weighted by Gasteiger charge is 2.29. The number of amides is 1. The number of aromatic amines is 1. The number of aromatic nitrogens is 4. The number of anilines is 1. The van der Waals surface area contributed by atoms with E-state index >= 15 is 0 Å². The van der Waals surface area contributed by atoms with E-state index in [0.29, 0.717) is 12.1 Å². The van der Waals surface area contributed by atoms with Crippen molar-refractivity contribution in [1.29, 1.82) is 0 Å². The van der Waals surface area contributed by atoms with Crippen LogP contribution in [0.2, 0.25) is 0 Å². The Morgan fingerprint density at radius 2 is 2.06 bits per heavy atom. The lowest BCUT2D eigenvalue weighted by Crippen LogP contribution is -2.46. The first kappa shape index (κ1) is 19.4. The molecule has 2 N–H and O–H groups in total. The first-order chi connectivity index (χ1) is 15.2. The third-order valence-electron chi connectivity index (χ3n) is 5.67. The van der Waals surface area contributed by atoms with Gasteiger partial charge in [-0.25, -0.2) is 14.1 Å². The number of fused-ring (bicyclic) bond motifs is 1. The van der Waals surface area contributed by atoms with E-state index in [-0.39, 0.29) is 17.8 Å². The van der Waals surface area contributed by atoms with Crippen molar-refractivity contribution < 1.29 is 9.18 Å². The summed E-state index contributed by atoms with van der Waals surface area (Å²) in [6.07, 6.45) is 6.45. The lowest BCUT2D eigenvalue weighted by Gasteiger charge is -2.34. The van der Waals surface area contributed by atoms with Crippen molar-refractivity contribution in [2.75, 3.05) is 11.9 Å². The molecule has 3 heterocycles. The second-order valence-corrected chi connectivity index (χ2v) is 7.81. The van der Waals surface area contributed by atoms with Crippen LogP contribution in [-0.2, 0) is 11.3 Å². The Bertz CT molecular complexity index is 1180. The molecular weight excluding hydrogens is 395 g/mol. The number of likely N-dealkylation sites (tertiary alicyclic amines) is 1. The Labute approximate surface area is 178 Å². The molecule has 2 aromatic carbocycles. The fourth-order valence-electron chi connectivity index (χ4n) is 4.12. The van der Waals surface area contributed by atoms with Gasteiger partial charge in [-0.1, -0.05) is 6.42 Å². The Hall–Kier alpha value is -3.52. The number of imidazole rings is 1. The predicted octanol–water partition coefficient (Wildman–Crippen LogP) is 3.88. The zero-order valence-electron chi connectivity index (χ0n) is 17.0. The monoisotopic (exact) mass is 418 g/mol. The quantitative estimate of drug-likeness (QED) is 0.516. The zero-order valence-corrected chi connectivity index (χ0v) is 17.0. The molecule has 0 radical (unpaired) electrons. The largest absolute Gasteiger partial charge is 0.341 e. The van der Waals surface area contributed by atoms with Crippen molar-refractivity contribution in [2.24, 2.45) is 0 Å². The molecule has 1 aliphatic rings. The molecule has 0 aliphatic carbocycles. The Morgan fingerprint density at radius 1 is 1.19 bits per heavy atom. The number of carbonyl (C=O) groups is 1. The minimum atomic E-state index is -0.295. The molecule has 4 aromatic rings. The number of rotatable bonds is 5. The average Bonchev–Trinajstić information content (AvgIpc) is 3.44. The van der Waals surface area contributed by atoms with Gasteiger partial charge in [0.2, 0.25) is 5.91 Å². The summed E-state index contributed by atoms with van der Waals surface area (Å²) in [6, 6.07) is 13.8. The highest BCUT2D eigenvalue weighted by atomic mass is 19.1. The molecule has 8 heteroatoms. The molecule has 2 aromatic heterocycles. The van der Waals surface area contributed by atoms with Crippen molar-refractivity contribution in [3.8, 4) is 5.69 Å². The second-order valence-electron chi connectivity index (χ2n) is 7.81. The predicted molar refractivity (Wildman–Crippen MR) is 116 cm³/mol. The van der Waals surface area contributed by atoms with Gasteiger partial charge in [-0.05, 0) is 67.9 Å². The minimum Gasteiger partial charge on any atom is -0.341 e. The van der Waals surface area contributed by atoms with Crippen molar-refractivity contribution in [1.82, 2.24) is 24.6 Å². The summed E-state index contributed by atoms with van der Waals surface area (Å²) in [6.45, 7) is 1.34. The summed E-state index contributed by atoms with van der Waals surface area (Å²) in [4.78, 5) is 22.9. The molecule has 0 bridgehead atoms. The van der Waals surface area contributed by atoms with Crippen LogP contribution in [0, 0.1) is 5.82 Å². The number of halogens is 1. The van der Waals surface area contributed by atoms with Crippen LogP contribution in [0.15, 0.2) is 60.9 Å². The number of H-pyrrole nitrogens is 1. The third kappa shape index (κ3) is 4.20. The van der Waals surface area contributed by atoms with Crippen LogP contribution < -0.4 is 5.32 Å². The molecule has 1 atom stereocenters. The zero-order chi connectivity index (χ0) is 21.2. The number of piperidine rings is 1. The number of benzene rings is 2. The van der Waals surface area contributed by atoms with Crippen LogP contribution in [0.5, 0.6) is 0 Å². The summed E-state index contributed by atoms with van der Waals surface area (Å²) >= 11 is 0. The smallest absolute Gasteiger partial charge is 0.241 e. The lowest BCUT2D eigenvalue weighted by molar-refractivity contribution is -0.122. The Balaban J connectivity index is 1.28. The molecule has 5 rings (SSSR count). The molecule has 0 unspecified atom stereocenters. The van der Waals surface area contributed by atoms with Gasteiger partial charge in [-0.15, -0.1) is 0 Å². The van der Waals surface area contributed by atoms with E-state index in [9.17, 15) is 9.18 Å². The summed E-state index contributed by atoms with van der Waals surface area (Å²) in [5, 5.41) is 7.26. The maximum absolute atomic E-state index is 13.5. The molecule has 1 amide bonds. The summed E-state index contributed by atoms with van der Waals surface area (Å²) in [7, 11) is 0. The molecular formula is C23H23FN6O. The van der Waals surface area contributed by atoms with E-state index in [1.807, 2.05) is 36.5 Å². The van der Waals surface area contributed by atoms with Crippen LogP contribution in [0.25, 0.3) is 16.7 Å². The molecule has 1 fully saturated rings. The van der Waals surface area contributed by atoms with Crippen molar-refractivity contribution in [3.05, 3.63) is 72.6 Å². The number of hydrogen-bond donors (Lipinski definition) is 2. The maximum atomic E-state index is 13.5. The molecule has 7 nitrogen and oxygen atoms in total. The van der Waals surface area contributed by atoms with E-state index < -0.39 is 0 Å². The van der Waals surface area contributed by atoms with Crippen LogP contribution in [0.1, 0.15) is 25.1 Å². The molecule has 31 heavy (non-hydrogen) atoms. The van der Waals surface area contributed by atoms with E-state index in [1.165, 1.54) is 12.1 Å². The molecule has 0 saturated carbocycles. The van der Waals surface area contributed by atoms with Crippen molar-refractivity contribution in [2.45, 2.75) is 31.8 Å².